The van der Waals surface area contributed by atoms with Gasteiger partial charge in [0.2, 0.25) is 14.3 Å². The van der Waals surface area contributed by atoms with Gasteiger partial charge in [0, 0.05) is 24.2 Å². The lowest BCUT2D eigenvalue weighted by molar-refractivity contribution is 0.0320. The van der Waals surface area contributed by atoms with Gasteiger partial charge in [0.25, 0.3) is 11.5 Å². The van der Waals surface area contributed by atoms with E-state index >= 15 is 0 Å². The second kappa shape index (κ2) is 22.3. The molecular weight excluding hydrogens is 846 g/mol. The number of carbonyl (C=O) groups is 1. The Bertz CT molecular complexity index is 2460. The molecule has 2 N–H and O–H groups in total. The highest BCUT2D eigenvalue weighted by atomic mass is 31.2. The molecule has 0 aliphatic carbocycles. The largest absolute Gasteiger partial charge is 0.497 e. The van der Waals surface area contributed by atoms with Gasteiger partial charge >= 0.3 is 0 Å². The van der Waals surface area contributed by atoms with Gasteiger partial charge in [-0.1, -0.05) is 72.8 Å². The Morgan fingerprint density at radius 2 is 1.47 bits per heavy atom. The van der Waals surface area contributed by atoms with Crippen LogP contribution in [0.4, 0.5) is 5.95 Å². The van der Waals surface area contributed by atoms with Crippen LogP contribution in [0, 0.1) is 11.3 Å². The van der Waals surface area contributed by atoms with E-state index in [0.29, 0.717) is 29.5 Å². The fourth-order valence-electron chi connectivity index (χ4n) is 7.81. The minimum absolute atomic E-state index is 0.0972. The zero-order valence-electron chi connectivity index (χ0n) is 37.6. The highest BCUT2D eigenvalue weighted by molar-refractivity contribution is 7.49. The number of nitrogens with zero attached hydrogens (tertiary/aromatic N) is 5. The van der Waals surface area contributed by atoms with E-state index in [0.717, 1.165) is 16.7 Å². The summed E-state index contributed by atoms with van der Waals surface area (Å²) in [6.45, 7) is 11.2. The maximum absolute atomic E-state index is 14.0. The maximum atomic E-state index is 14.0. The van der Waals surface area contributed by atoms with E-state index in [1.165, 1.54) is 10.9 Å². The molecule has 4 aromatic carbocycles. The van der Waals surface area contributed by atoms with E-state index < -0.39 is 28.1 Å². The monoisotopic (exact) mass is 903 g/mol. The van der Waals surface area contributed by atoms with Crippen LogP contribution in [0.2, 0.25) is 12.6 Å². The van der Waals surface area contributed by atoms with Crippen LogP contribution in [-0.4, -0.2) is 83.9 Å². The van der Waals surface area contributed by atoms with Crippen LogP contribution in [0.3, 0.4) is 0 Å². The van der Waals surface area contributed by atoms with E-state index in [1.54, 1.807) is 38.5 Å². The predicted octanol–water partition coefficient (Wildman–Crippen LogP) is 9.24. The van der Waals surface area contributed by atoms with Gasteiger partial charge in [-0.3, -0.25) is 24.1 Å². The molecule has 2 unspecified atom stereocenters. The Kier molecular flexibility index (Phi) is 16.6. The fraction of sp³-hybridized carbons (Fsp3) is 0.354. The van der Waals surface area contributed by atoms with Gasteiger partial charge in [-0.25, -0.2) is 4.98 Å². The number of amides is 1. The van der Waals surface area contributed by atoms with Crippen molar-refractivity contribution in [2.24, 2.45) is 0 Å². The summed E-state index contributed by atoms with van der Waals surface area (Å²) in [6.07, 6.45) is 2.68. The number of ether oxygens (including phenoxy) is 3. The molecule has 6 aromatic rings. The van der Waals surface area contributed by atoms with Crippen molar-refractivity contribution < 1.29 is 28.0 Å². The van der Waals surface area contributed by atoms with Gasteiger partial charge in [0.15, 0.2) is 11.2 Å². The molecule has 2 heterocycles. The van der Waals surface area contributed by atoms with Crippen LogP contribution >= 0.6 is 8.30 Å². The lowest BCUT2D eigenvalue weighted by atomic mass is 9.80. The van der Waals surface area contributed by atoms with Crippen LogP contribution in [-0.2, 0) is 25.8 Å². The number of methoxy groups -OCH3 is 2. The normalized spacial score (nSPS) is 13.2. The molecule has 336 valence electrons. The van der Waals surface area contributed by atoms with Crippen molar-refractivity contribution in [2.75, 3.05) is 38.7 Å². The first-order chi connectivity index (χ1) is 30.9. The standard InChI is InChI=1S/C48H58N7O7PSi/c1-35(2)55(36(3)4)63(61-30-14-28-49)33-62-64(7,31-15-29-54-46(57)43-44(51-32-50-43)52-47(54)53-45(56)37-16-10-8-11-17-37)34-60-48(38-18-12-9-13-19-38,39-20-24-41(58-5)25-21-39)40-22-26-42(59-6)27-23-40/h8-13,16-27,32,35-36H,14-15,29-31,33-34H2,1-7H3,(H,50,51)(H,52,53,56). The number of imidazole rings is 1. The van der Waals surface area contributed by atoms with Gasteiger partial charge in [-0.05, 0) is 99.8 Å². The summed E-state index contributed by atoms with van der Waals surface area (Å²) in [7, 11) is -1.01. The number of benzene rings is 4. The highest BCUT2D eigenvalue weighted by Gasteiger charge is 2.42. The Hall–Kier alpha value is -5.72. The molecule has 1 amide bonds. The van der Waals surface area contributed by atoms with E-state index in [2.05, 4.69) is 77.4 Å². The number of rotatable bonds is 23. The molecule has 2 aromatic heterocycles. The van der Waals surface area contributed by atoms with Gasteiger partial charge in [-0.2, -0.15) is 10.2 Å². The average Bonchev–Trinajstić information content (AvgIpc) is 3.79. The molecule has 0 fully saturated rings. The molecule has 14 nitrogen and oxygen atoms in total. The Balaban J connectivity index is 1.40. The van der Waals surface area contributed by atoms with Crippen molar-refractivity contribution in [3.05, 3.63) is 148 Å². The third-order valence-electron chi connectivity index (χ3n) is 11.0. The molecule has 2 atom stereocenters. The summed E-state index contributed by atoms with van der Waals surface area (Å²) in [6, 6.07) is 37.8. The minimum Gasteiger partial charge on any atom is -0.497 e. The Morgan fingerprint density at radius 1 is 0.891 bits per heavy atom. The highest BCUT2D eigenvalue weighted by Crippen LogP contribution is 2.47. The van der Waals surface area contributed by atoms with Crippen molar-refractivity contribution in [3.8, 4) is 17.6 Å². The number of anilines is 1. The van der Waals surface area contributed by atoms with Crippen LogP contribution in [0.5, 0.6) is 11.5 Å². The van der Waals surface area contributed by atoms with Crippen molar-refractivity contribution >= 4 is 39.6 Å². The minimum atomic E-state index is -3.00. The molecular formula is C48H58N7O7PSi. The van der Waals surface area contributed by atoms with Crippen LogP contribution in [0.25, 0.3) is 11.2 Å². The van der Waals surface area contributed by atoms with Gasteiger partial charge < -0.3 is 28.1 Å². The second-order valence-corrected chi connectivity index (χ2v) is 21.8. The van der Waals surface area contributed by atoms with E-state index in [1.807, 2.05) is 72.8 Å². The van der Waals surface area contributed by atoms with Crippen molar-refractivity contribution in [1.29, 1.82) is 5.26 Å². The van der Waals surface area contributed by atoms with Gasteiger partial charge in [0.05, 0.1) is 52.2 Å². The number of fused-ring (bicyclic) bond motifs is 1. The summed E-state index contributed by atoms with van der Waals surface area (Å²) in [4.78, 5) is 39.2. The van der Waals surface area contributed by atoms with Crippen molar-refractivity contribution in [1.82, 2.24) is 24.2 Å². The molecule has 0 aliphatic heterocycles. The molecule has 6 rings (SSSR count). The Morgan fingerprint density at radius 3 is 2.03 bits per heavy atom. The summed E-state index contributed by atoms with van der Waals surface area (Å²) in [5.41, 5.74) is 2.11. The number of aromatic amines is 1. The third kappa shape index (κ3) is 11.3. The van der Waals surface area contributed by atoms with E-state index in [-0.39, 0.29) is 66.9 Å². The zero-order valence-corrected chi connectivity index (χ0v) is 39.5. The number of hydrogen-bond acceptors (Lipinski definition) is 11. The molecule has 0 spiro atoms. The zero-order chi connectivity index (χ0) is 45.7. The number of aromatic nitrogens is 4. The number of hydrogen-bond donors (Lipinski definition) is 2. The Labute approximate surface area is 377 Å². The first-order valence-corrected chi connectivity index (χ1v) is 25.6. The topological polar surface area (TPSA) is 166 Å². The van der Waals surface area contributed by atoms with Crippen molar-refractivity contribution in [2.45, 2.75) is 77.4 Å². The molecule has 16 heteroatoms. The summed E-state index contributed by atoms with van der Waals surface area (Å²) >= 11 is 0. The van der Waals surface area contributed by atoms with Crippen molar-refractivity contribution in [3.63, 3.8) is 0 Å². The lowest BCUT2D eigenvalue weighted by Gasteiger charge is -2.41. The first kappa shape index (κ1) is 47.7. The third-order valence-corrected chi connectivity index (χ3v) is 16.5. The first-order valence-electron chi connectivity index (χ1n) is 21.4. The number of nitriles is 1. The average molecular weight is 904 g/mol. The molecule has 0 saturated heterocycles. The number of nitrogens with one attached hydrogen (secondary N) is 2. The maximum Gasteiger partial charge on any atom is 0.280 e. The molecule has 0 bridgehead atoms. The van der Waals surface area contributed by atoms with Crippen LogP contribution in [0.15, 0.2) is 120 Å². The van der Waals surface area contributed by atoms with Gasteiger partial charge in [-0.15, -0.1) is 0 Å². The number of carbonyl (C=O) groups excluding carboxylic acids is 1. The summed E-state index contributed by atoms with van der Waals surface area (Å²) < 4.78 is 36.2. The second-order valence-electron chi connectivity index (χ2n) is 16.1. The molecule has 64 heavy (non-hydrogen) atoms. The molecule has 0 radical (unpaired) electrons. The quantitative estimate of drug-likeness (QED) is 0.0273. The lowest BCUT2D eigenvalue weighted by Crippen LogP contribution is -2.46. The smallest absolute Gasteiger partial charge is 0.280 e. The predicted molar refractivity (Wildman–Crippen MR) is 253 cm³/mol. The fourth-order valence-corrected chi connectivity index (χ4v) is 13.0. The van der Waals surface area contributed by atoms with E-state index in [9.17, 15) is 14.9 Å². The number of H-pyrrole nitrogens is 1. The van der Waals surface area contributed by atoms with Crippen LogP contribution < -0.4 is 20.3 Å². The SMILES string of the molecule is COc1ccc(C(OC[Si](C)(CCCn2c(NC(=O)c3ccccc3)nc3nc[nH]c3c2=O)OCP(OCCC#N)N(C(C)C)C(C)C)(c2ccccc2)c2ccc(OC)cc2)cc1. The summed E-state index contributed by atoms with van der Waals surface area (Å²) in [5.74, 6) is 1.13. The van der Waals surface area contributed by atoms with Gasteiger partial charge in [0.1, 0.15) is 25.4 Å². The molecule has 0 aliphatic rings. The molecule has 0 saturated carbocycles. The van der Waals surface area contributed by atoms with Crippen LogP contribution in [0.1, 0.15) is 67.6 Å². The summed E-state index contributed by atoms with van der Waals surface area (Å²) in [5, 5.41) is 12.3. The van der Waals surface area contributed by atoms with E-state index in [4.69, 9.17) is 23.2 Å².